The smallest absolute Gasteiger partial charge is 0.269 e. The Morgan fingerprint density at radius 2 is 1.65 bits per heavy atom. The Kier molecular flexibility index (Phi) is 3.35. The second-order valence-electron chi connectivity index (χ2n) is 5.42. The van der Waals surface area contributed by atoms with Crippen LogP contribution in [0.4, 0.5) is 5.69 Å². The molecular weight excluding hydrogens is 290 g/mol. The van der Waals surface area contributed by atoms with Crippen LogP contribution >= 0.6 is 0 Å². The minimum Gasteiger partial charge on any atom is -0.485 e. The summed E-state index contributed by atoms with van der Waals surface area (Å²) in [6.45, 7) is 0.205. The van der Waals surface area contributed by atoms with E-state index < -0.39 is 6.10 Å². The Morgan fingerprint density at radius 1 is 0.913 bits per heavy atom. The number of carbonyl (C=O) groups excluding carboxylic acids is 1. The van der Waals surface area contributed by atoms with Crippen molar-refractivity contribution in [2.75, 3.05) is 11.9 Å². The highest BCUT2D eigenvalue weighted by molar-refractivity contribution is 5.97. The molecule has 1 aliphatic rings. The molecule has 4 nitrogen and oxygen atoms in total. The predicted octanol–water partition coefficient (Wildman–Crippen LogP) is 3.62. The van der Waals surface area contributed by atoms with Crippen molar-refractivity contribution >= 4 is 22.4 Å². The topological polar surface area (TPSA) is 47.6 Å². The maximum atomic E-state index is 12.4. The van der Waals surface area contributed by atoms with Gasteiger partial charge in [-0.2, -0.15) is 0 Å². The molecule has 0 unspecified atom stereocenters. The molecule has 0 spiro atoms. The summed E-state index contributed by atoms with van der Waals surface area (Å²) in [5.74, 6) is 1.05. The average Bonchev–Trinajstić information content (AvgIpc) is 2.61. The quantitative estimate of drug-likeness (QED) is 0.786. The summed E-state index contributed by atoms with van der Waals surface area (Å²) in [7, 11) is 0. The predicted molar refractivity (Wildman–Crippen MR) is 88.9 cm³/mol. The second kappa shape index (κ2) is 5.65. The summed E-state index contributed by atoms with van der Waals surface area (Å²) < 4.78 is 11.3. The normalized spacial score (nSPS) is 16.1. The number of carbonyl (C=O) groups is 1. The number of rotatable bonds is 2. The first kappa shape index (κ1) is 13.6. The molecule has 1 amide bonds. The number of amides is 1. The number of hydrogen-bond donors (Lipinski definition) is 1. The van der Waals surface area contributed by atoms with E-state index in [-0.39, 0.29) is 12.5 Å². The third-order valence-electron chi connectivity index (χ3n) is 3.82. The van der Waals surface area contributed by atoms with Crippen LogP contribution in [0.2, 0.25) is 0 Å². The fourth-order valence-corrected chi connectivity index (χ4v) is 2.64. The van der Waals surface area contributed by atoms with E-state index in [1.54, 1.807) is 6.07 Å². The number of para-hydroxylation sites is 2. The summed E-state index contributed by atoms with van der Waals surface area (Å²) in [5.41, 5.74) is 0.746. The van der Waals surface area contributed by atoms with E-state index in [1.807, 2.05) is 60.7 Å². The molecule has 0 aliphatic carbocycles. The van der Waals surface area contributed by atoms with Crippen molar-refractivity contribution in [1.29, 1.82) is 0 Å². The van der Waals surface area contributed by atoms with Gasteiger partial charge in [-0.15, -0.1) is 0 Å². The molecule has 0 fully saturated rings. The molecule has 3 aromatic rings. The van der Waals surface area contributed by atoms with Gasteiger partial charge >= 0.3 is 0 Å². The highest BCUT2D eigenvalue weighted by Crippen LogP contribution is 2.31. The van der Waals surface area contributed by atoms with E-state index in [9.17, 15) is 4.79 Å². The molecule has 0 saturated carbocycles. The number of ether oxygens (including phenoxy) is 2. The maximum absolute atomic E-state index is 12.4. The Morgan fingerprint density at radius 3 is 2.52 bits per heavy atom. The highest BCUT2D eigenvalue weighted by atomic mass is 16.6. The van der Waals surface area contributed by atoms with E-state index in [0.717, 1.165) is 16.5 Å². The minimum absolute atomic E-state index is 0.205. The third kappa shape index (κ3) is 2.71. The van der Waals surface area contributed by atoms with Gasteiger partial charge in [-0.05, 0) is 35.0 Å². The van der Waals surface area contributed by atoms with Crippen molar-refractivity contribution in [3.63, 3.8) is 0 Å². The third-order valence-corrected chi connectivity index (χ3v) is 3.82. The molecule has 114 valence electrons. The molecule has 3 aromatic carbocycles. The van der Waals surface area contributed by atoms with Gasteiger partial charge in [0, 0.05) is 5.69 Å². The number of nitrogens with one attached hydrogen (secondary N) is 1. The van der Waals surface area contributed by atoms with Crippen LogP contribution in [0.1, 0.15) is 0 Å². The van der Waals surface area contributed by atoms with Crippen molar-refractivity contribution in [3.05, 3.63) is 66.7 Å². The van der Waals surface area contributed by atoms with Gasteiger partial charge in [0.1, 0.15) is 6.61 Å². The summed E-state index contributed by atoms with van der Waals surface area (Å²) in [6, 6.07) is 21.2. The Hall–Kier alpha value is -3.01. The fraction of sp³-hybridized carbons (Fsp3) is 0.105. The van der Waals surface area contributed by atoms with E-state index in [4.69, 9.17) is 9.47 Å². The molecule has 0 aromatic heterocycles. The lowest BCUT2D eigenvalue weighted by molar-refractivity contribution is -0.125. The van der Waals surface area contributed by atoms with Gasteiger partial charge in [0.05, 0.1) is 0 Å². The van der Waals surface area contributed by atoms with Crippen LogP contribution in [0.5, 0.6) is 11.5 Å². The number of hydrogen-bond acceptors (Lipinski definition) is 3. The van der Waals surface area contributed by atoms with Gasteiger partial charge in [-0.25, -0.2) is 0 Å². The molecule has 4 heteroatoms. The minimum atomic E-state index is -0.656. The summed E-state index contributed by atoms with van der Waals surface area (Å²) in [4.78, 5) is 12.4. The van der Waals surface area contributed by atoms with Gasteiger partial charge in [0.15, 0.2) is 11.5 Å². The average molecular weight is 305 g/mol. The molecule has 23 heavy (non-hydrogen) atoms. The van der Waals surface area contributed by atoms with Crippen LogP contribution in [-0.2, 0) is 4.79 Å². The van der Waals surface area contributed by atoms with Crippen LogP contribution in [0.15, 0.2) is 66.7 Å². The zero-order valence-corrected chi connectivity index (χ0v) is 12.4. The molecule has 1 aliphatic heterocycles. The fourth-order valence-electron chi connectivity index (χ4n) is 2.64. The summed E-state index contributed by atoms with van der Waals surface area (Å²) >= 11 is 0. The zero-order chi connectivity index (χ0) is 15.6. The van der Waals surface area contributed by atoms with Crippen LogP contribution < -0.4 is 14.8 Å². The molecule has 1 atom stereocenters. The van der Waals surface area contributed by atoms with Crippen LogP contribution in [0.25, 0.3) is 10.8 Å². The Bertz CT molecular complexity index is 875. The molecule has 0 radical (unpaired) electrons. The number of benzene rings is 3. The first-order valence-electron chi connectivity index (χ1n) is 7.48. The lowest BCUT2D eigenvalue weighted by Gasteiger charge is -2.25. The molecule has 1 N–H and O–H groups in total. The SMILES string of the molecule is O=C(Nc1ccc2ccccc2c1)[C@H]1COc2ccccc2O1. The standard InChI is InChI=1S/C19H15NO3/c21-19(18-12-22-16-7-3-4-8-17(16)23-18)20-15-10-9-13-5-1-2-6-14(13)11-15/h1-11,18H,12H2,(H,20,21)/t18-/m1/s1. The van der Waals surface area contributed by atoms with Crippen LogP contribution in [-0.4, -0.2) is 18.6 Å². The maximum Gasteiger partial charge on any atom is 0.269 e. The van der Waals surface area contributed by atoms with E-state index in [1.165, 1.54) is 0 Å². The highest BCUT2D eigenvalue weighted by Gasteiger charge is 2.27. The largest absolute Gasteiger partial charge is 0.485 e. The second-order valence-corrected chi connectivity index (χ2v) is 5.42. The molecule has 4 rings (SSSR count). The molecule has 1 heterocycles. The first-order chi connectivity index (χ1) is 11.3. The van der Waals surface area contributed by atoms with Crippen LogP contribution in [0.3, 0.4) is 0 Å². The van der Waals surface area contributed by atoms with Crippen molar-refractivity contribution in [2.45, 2.75) is 6.10 Å². The van der Waals surface area contributed by atoms with Crippen molar-refractivity contribution in [3.8, 4) is 11.5 Å². The van der Waals surface area contributed by atoms with Crippen molar-refractivity contribution in [2.24, 2.45) is 0 Å². The number of fused-ring (bicyclic) bond motifs is 2. The molecular formula is C19H15NO3. The molecule has 0 bridgehead atoms. The van der Waals surface area contributed by atoms with Gasteiger partial charge in [-0.3, -0.25) is 4.79 Å². The van der Waals surface area contributed by atoms with Gasteiger partial charge in [0.25, 0.3) is 5.91 Å². The Balaban J connectivity index is 1.51. The van der Waals surface area contributed by atoms with Crippen molar-refractivity contribution < 1.29 is 14.3 Å². The van der Waals surface area contributed by atoms with E-state index in [2.05, 4.69) is 5.32 Å². The van der Waals surface area contributed by atoms with E-state index >= 15 is 0 Å². The molecule has 0 saturated heterocycles. The van der Waals surface area contributed by atoms with E-state index in [0.29, 0.717) is 11.5 Å². The van der Waals surface area contributed by atoms with Crippen molar-refractivity contribution in [1.82, 2.24) is 0 Å². The van der Waals surface area contributed by atoms with Gasteiger partial charge < -0.3 is 14.8 Å². The lowest BCUT2D eigenvalue weighted by atomic mass is 10.1. The Labute approximate surface area is 133 Å². The monoisotopic (exact) mass is 305 g/mol. The van der Waals surface area contributed by atoms with Crippen LogP contribution in [0, 0.1) is 0 Å². The first-order valence-corrected chi connectivity index (χ1v) is 7.48. The lowest BCUT2D eigenvalue weighted by Crippen LogP contribution is -2.40. The van der Waals surface area contributed by atoms with Gasteiger partial charge in [0.2, 0.25) is 6.10 Å². The summed E-state index contributed by atoms with van der Waals surface area (Å²) in [5, 5.41) is 5.11. The zero-order valence-electron chi connectivity index (χ0n) is 12.4. The number of anilines is 1. The van der Waals surface area contributed by atoms with Gasteiger partial charge in [-0.1, -0.05) is 42.5 Å². The summed E-state index contributed by atoms with van der Waals surface area (Å²) in [6.07, 6.45) is -0.656.